The van der Waals surface area contributed by atoms with Crippen LogP contribution in [-0.4, -0.2) is 40.6 Å². The van der Waals surface area contributed by atoms with E-state index in [1.807, 2.05) is 0 Å². The summed E-state index contributed by atoms with van der Waals surface area (Å²) in [4.78, 5) is 25.5. The summed E-state index contributed by atoms with van der Waals surface area (Å²) in [5.74, 6) is -0.473. The number of aliphatic carboxylic acids is 1. The quantitative estimate of drug-likeness (QED) is 0.832. The molecule has 0 aromatic carbocycles. The van der Waals surface area contributed by atoms with Gasteiger partial charge in [-0.2, -0.15) is 0 Å². The van der Waals surface area contributed by atoms with Crippen molar-refractivity contribution in [2.24, 2.45) is 11.3 Å². The number of carboxylic acid groups (broad SMARTS) is 1. The van der Waals surface area contributed by atoms with Gasteiger partial charge in [-0.3, -0.25) is 0 Å². The number of carboxylic acids is 1. The zero-order valence-corrected chi connectivity index (χ0v) is 12.1. The maximum Gasteiger partial charge on any atom is 0.326 e. The first-order chi connectivity index (χ1) is 9.50. The lowest BCUT2D eigenvalue weighted by Crippen LogP contribution is -2.51. The minimum Gasteiger partial charge on any atom is -0.480 e. The van der Waals surface area contributed by atoms with Crippen molar-refractivity contribution in [1.29, 1.82) is 0 Å². The lowest BCUT2D eigenvalue weighted by Gasteiger charge is -2.33. The van der Waals surface area contributed by atoms with E-state index in [2.05, 4.69) is 12.2 Å². The Bertz CT molecular complexity index is 419. The van der Waals surface area contributed by atoms with Gasteiger partial charge in [0.1, 0.15) is 6.04 Å². The van der Waals surface area contributed by atoms with Crippen LogP contribution in [0.25, 0.3) is 0 Å². The van der Waals surface area contributed by atoms with E-state index in [1.165, 1.54) is 6.42 Å². The first-order valence-corrected chi connectivity index (χ1v) is 7.79. The molecule has 3 rings (SSSR count). The molecule has 0 aromatic heterocycles. The Labute approximate surface area is 119 Å². The molecule has 0 bridgehead atoms. The third kappa shape index (κ3) is 2.50. The molecule has 2 aliphatic carbocycles. The normalized spacial score (nSPS) is 34.5. The Kier molecular flexibility index (Phi) is 3.38. The Balaban J connectivity index is 1.69. The van der Waals surface area contributed by atoms with Crippen molar-refractivity contribution in [1.82, 2.24) is 10.2 Å². The zero-order valence-electron chi connectivity index (χ0n) is 12.1. The number of carbonyl (C=O) groups is 2. The fraction of sp³-hybridized carbons (Fsp3) is 0.867. The molecule has 3 fully saturated rings. The number of likely N-dealkylation sites (tertiary alicyclic amines) is 1. The number of amides is 2. The molecule has 1 aliphatic heterocycles. The molecule has 1 heterocycles. The monoisotopic (exact) mass is 280 g/mol. The number of fused-ring (bicyclic) bond motifs is 1. The molecule has 0 radical (unpaired) electrons. The van der Waals surface area contributed by atoms with Crippen LogP contribution in [0.5, 0.6) is 0 Å². The van der Waals surface area contributed by atoms with Crippen molar-refractivity contribution in [2.45, 2.75) is 64.0 Å². The molecule has 2 amide bonds. The molecule has 2 N–H and O–H groups in total. The summed E-state index contributed by atoms with van der Waals surface area (Å²) in [5.41, 5.74) is 0.250. The van der Waals surface area contributed by atoms with E-state index in [1.54, 1.807) is 4.90 Å². The molecule has 20 heavy (non-hydrogen) atoms. The number of rotatable bonds is 3. The lowest BCUT2D eigenvalue weighted by molar-refractivity contribution is -0.141. The Morgan fingerprint density at radius 1 is 1.30 bits per heavy atom. The minimum absolute atomic E-state index is 0.136. The van der Waals surface area contributed by atoms with Crippen LogP contribution in [0.15, 0.2) is 0 Å². The Morgan fingerprint density at radius 2 is 2.00 bits per heavy atom. The number of nitrogens with zero attached hydrogens (tertiary/aromatic N) is 1. The SMILES string of the molecule is CC1(CNC(=O)N2C(C(=O)O)CC3CCCCC32)CC1. The van der Waals surface area contributed by atoms with Crippen LogP contribution in [0, 0.1) is 11.3 Å². The molecule has 3 aliphatic rings. The van der Waals surface area contributed by atoms with Gasteiger partial charge in [0, 0.05) is 12.6 Å². The van der Waals surface area contributed by atoms with Crippen LogP contribution in [0.4, 0.5) is 4.79 Å². The van der Waals surface area contributed by atoms with Crippen molar-refractivity contribution in [3.05, 3.63) is 0 Å². The molecule has 5 heteroatoms. The topological polar surface area (TPSA) is 69.6 Å². The van der Waals surface area contributed by atoms with Gasteiger partial charge >= 0.3 is 12.0 Å². The Morgan fingerprint density at radius 3 is 2.65 bits per heavy atom. The highest BCUT2D eigenvalue weighted by atomic mass is 16.4. The first-order valence-electron chi connectivity index (χ1n) is 7.79. The van der Waals surface area contributed by atoms with E-state index < -0.39 is 12.0 Å². The summed E-state index contributed by atoms with van der Waals surface area (Å²) in [5, 5.41) is 12.4. The van der Waals surface area contributed by atoms with Crippen LogP contribution in [0.1, 0.15) is 51.9 Å². The van der Waals surface area contributed by atoms with Gasteiger partial charge < -0.3 is 15.3 Å². The summed E-state index contributed by atoms with van der Waals surface area (Å²) in [6.45, 7) is 2.83. The number of hydrogen-bond acceptors (Lipinski definition) is 2. The second kappa shape index (κ2) is 4.93. The molecule has 2 saturated carbocycles. The van der Waals surface area contributed by atoms with E-state index in [0.717, 1.165) is 32.1 Å². The zero-order chi connectivity index (χ0) is 14.3. The highest BCUT2D eigenvalue weighted by Crippen LogP contribution is 2.44. The predicted molar refractivity (Wildman–Crippen MR) is 74.4 cm³/mol. The fourth-order valence-corrected chi connectivity index (χ4v) is 3.74. The van der Waals surface area contributed by atoms with E-state index >= 15 is 0 Å². The van der Waals surface area contributed by atoms with Gasteiger partial charge in [0.25, 0.3) is 0 Å². The lowest BCUT2D eigenvalue weighted by atomic mass is 9.85. The van der Waals surface area contributed by atoms with Gasteiger partial charge in [0.05, 0.1) is 0 Å². The van der Waals surface area contributed by atoms with Crippen molar-refractivity contribution in [3.8, 4) is 0 Å². The van der Waals surface area contributed by atoms with Crippen LogP contribution < -0.4 is 5.32 Å². The molecule has 1 saturated heterocycles. The summed E-state index contributed by atoms with van der Waals surface area (Å²) in [7, 11) is 0. The molecular weight excluding hydrogens is 256 g/mol. The molecule has 112 valence electrons. The highest BCUT2D eigenvalue weighted by Gasteiger charge is 2.48. The van der Waals surface area contributed by atoms with E-state index in [-0.39, 0.29) is 17.5 Å². The van der Waals surface area contributed by atoms with Gasteiger partial charge in [-0.05, 0) is 43.4 Å². The van der Waals surface area contributed by atoms with Gasteiger partial charge in [-0.1, -0.05) is 19.8 Å². The second-order valence-electron chi connectivity index (χ2n) is 7.08. The smallest absolute Gasteiger partial charge is 0.326 e. The van der Waals surface area contributed by atoms with Gasteiger partial charge in [0.2, 0.25) is 0 Å². The van der Waals surface area contributed by atoms with E-state index in [4.69, 9.17) is 0 Å². The summed E-state index contributed by atoms with van der Waals surface area (Å²) < 4.78 is 0. The highest BCUT2D eigenvalue weighted by molar-refractivity contribution is 5.83. The Hall–Kier alpha value is -1.26. The molecule has 5 nitrogen and oxygen atoms in total. The van der Waals surface area contributed by atoms with Crippen molar-refractivity contribution in [2.75, 3.05) is 6.54 Å². The number of hydrogen-bond donors (Lipinski definition) is 2. The molecule has 3 atom stereocenters. The van der Waals surface area contributed by atoms with Gasteiger partial charge in [0.15, 0.2) is 0 Å². The van der Waals surface area contributed by atoms with E-state index in [0.29, 0.717) is 18.9 Å². The van der Waals surface area contributed by atoms with Gasteiger partial charge in [-0.25, -0.2) is 9.59 Å². The second-order valence-corrected chi connectivity index (χ2v) is 7.08. The molecule has 3 unspecified atom stereocenters. The summed E-state index contributed by atoms with van der Waals surface area (Å²) in [6.07, 6.45) is 7.24. The van der Waals surface area contributed by atoms with Crippen LogP contribution in [-0.2, 0) is 4.79 Å². The van der Waals surface area contributed by atoms with Crippen LogP contribution in [0.2, 0.25) is 0 Å². The molecule has 0 aromatic rings. The standard InChI is InChI=1S/C15H24N2O3/c1-15(6-7-15)9-16-14(20)17-11-5-3-2-4-10(11)8-12(17)13(18)19/h10-12H,2-9H2,1H3,(H,16,20)(H,18,19). The van der Waals surface area contributed by atoms with E-state index in [9.17, 15) is 14.7 Å². The fourth-order valence-electron chi connectivity index (χ4n) is 3.74. The van der Waals surface area contributed by atoms with Crippen molar-refractivity contribution in [3.63, 3.8) is 0 Å². The van der Waals surface area contributed by atoms with Crippen molar-refractivity contribution >= 4 is 12.0 Å². The van der Waals surface area contributed by atoms with Crippen molar-refractivity contribution < 1.29 is 14.7 Å². The molecule has 0 spiro atoms. The van der Waals surface area contributed by atoms with Crippen LogP contribution in [0.3, 0.4) is 0 Å². The average molecular weight is 280 g/mol. The molecular formula is C15H24N2O3. The summed E-state index contributed by atoms with van der Waals surface area (Å²) in [6, 6.07) is -0.660. The van der Waals surface area contributed by atoms with Crippen LogP contribution >= 0.6 is 0 Å². The number of urea groups is 1. The maximum absolute atomic E-state index is 12.4. The minimum atomic E-state index is -0.854. The largest absolute Gasteiger partial charge is 0.480 e. The first kappa shape index (κ1) is 13.7. The maximum atomic E-state index is 12.4. The summed E-state index contributed by atoms with van der Waals surface area (Å²) >= 11 is 0. The predicted octanol–water partition coefficient (Wildman–Crippen LogP) is 2.21. The third-order valence-electron chi connectivity index (χ3n) is 5.38. The third-order valence-corrected chi connectivity index (χ3v) is 5.38. The number of carbonyl (C=O) groups excluding carboxylic acids is 1. The number of nitrogens with one attached hydrogen (secondary N) is 1. The van der Waals surface area contributed by atoms with Gasteiger partial charge in [-0.15, -0.1) is 0 Å². The average Bonchev–Trinajstić information content (AvgIpc) is 3.03.